The number of aryl methyl sites for hydroxylation is 2. The van der Waals surface area contributed by atoms with Gasteiger partial charge in [0.2, 0.25) is 0 Å². The van der Waals surface area contributed by atoms with Gasteiger partial charge in [-0.05, 0) is 49.5 Å². The van der Waals surface area contributed by atoms with Crippen LogP contribution in [0.15, 0.2) is 6.20 Å². The highest BCUT2D eigenvalue weighted by atomic mass is 15.3. The lowest BCUT2D eigenvalue weighted by molar-refractivity contribution is 0.318. The summed E-state index contributed by atoms with van der Waals surface area (Å²) >= 11 is 0. The Bertz CT molecular complexity index is 697. The average molecular weight is 312 g/mol. The Morgan fingerprint density at radius 3 is 2.78 bits per heavy atom. The van der Waals surface area contributed by atoms with Crippen LogP contribution in [0.25, 0.3) is 10.9 Å². The van der Waals surface area contributed by atoms with Crippen LogP contribution >= 0.6 is 0 Å². The SMILES string of the molecule is Cn1cc2c3c(nc(N)c2n1)CCCC3CCC1CCCCC1. The maximum atomic E-state index is 6.14. The Morgan fingerprint density at radius 2 is 1.96 bits per heavy atom. The molecule has 0 spiro atoms. The van der Waals surface area contributed by atoms with Crippen molar-refractivity contribution >= 4 is 16.7 Å². The second-order valence-corrected chi connectivity index (χ2v) is 7.59. The topological polar surface area (TPSA) is 56.7 Å². The van der Waals surface area contributed by atoms with E-state index in [4.69, 9.17) is 10.7 Å². The molecule has 0 saturated heterocycles. The van der Waals surface area contributed by atoms with E-state index in [1.165, 1.54) is 74.4 Å². The summed E-state index contributed by atoms with van der Waals surface area (Å²) < 4.78 is 1.88. The van der Waals surface area contributed by atoms with E-state index in [-0.39, 0.29) is 0 Å². The van der Waals surface area contributed by atoms with Gasteiger partial charge in [-0.1, -0.05) is 32.1 Å². The number of anilines is 1. The van der Waals surface area contributed by atoms with E-state index < -0.39 is 0 Å². The zero-order valence-electron chi connectivity index (χ0n) is 14.2. The van der Waals surface area contributed by atoms with Crippen molar-refractivity contribution in [3.8, 4) is 0 Å². The molecule has 1 fully saturated rings. The lowest BCUT2D eigenvalue weighted by Crippen LogP contribution is -2.15. The molecule has 4 rings (SSSR count). The van der Waals surface area contributed by atoms with Gasteiger partial charge in [0.25, 0.3) is 0 Å². The van der Waals surface area contributed by atoms with Crippen LogP contribution in [0.1, 0.15) is 75.0 Å². The Morgan fingerprint density at radius 1 is 1.13 bits per heavy atom. The molecular weight excluding hydrogens is 284 g/mol. The Balaban J connectivity index is 1.62. The van der Waals surface area contributed by atoms with Crippen LogP contribution in [0.5, 0.6) is 0 Å². The van der Waals surface area contributed by atoms with Gasteiger partial charge in [-0.15, -0.1) is 0 Å². The lowest BCUT2D eigenvalue weighted by atomic mass is 9.77. The van der Waals surface area contributed by atoms with Crippen molar-refractivity contribution in [1.29, 1.82) is 0 Å². The number of rotatable bonds is 3. The van der Waals surface area contributed by atoms with Gasteiger partial charge in [0.1, 0.15) is 5.52 Å². The lowest BCUT2D eigenvalue weighted by Gasteiger charge is -2.28. The maximum Gasteiger partial charge on any atom is 0.152 e. The van der Waals surface area contributed by atoms with Crippen molar-refractivity contribution in [1.82, 2.24) is 14.8 Å². The van der Waals surface area contributed by atoms with Gasteiger partial charge in [-0.2, -0.15) is 5.10 Å². The minimum Gasteiger partial charge on any atom is -0.382 e. The summed E-state index contributed by atoms with van der Waals surface area (Å²) in [5, 5.41) is 5.79. The van der Waals surface area contributed by atoms with Gasteiger partial charge in [0.15, 0.2) is 5.82 Å². The summed E-state index contributed by atoms with van der Waals surface area (Å²) in [6.07, 6.45) is 15.7. The van der Waals surface area contributed by atoms with Crippen LogP contribution in [0.2, 0.25) is 0 Å². The zero-order valence-corrected chi connectivity index (χ0v) is 14.2. The molecule has 23 heavy (non-hydrogen) atoms. The molecule has 0 bridgehead atoms. The molecular formula is C19H28N4. The first-order chi connectivity index (χ1) is 11.2. The van der Waals surface area contributed by atoms with E-state index in [1.54, 1.807) is 0 Å². The highest BCUT2D eigenvalue weighted by Crippen LogP contribution is 2.41. The van der Waals surface area contributed by atoms with Crippen molar-refractivity contribution in [3.05, 3.63) is 17.5 Å². The molecule has 0 aromatic carbocycles. The highest BCUT2D eigenvalue weighted by molar-refractivity contribution is 5.90. The summed E-state index contributed by atoms with van der Waals surface area (Å²) in [6, 6.07) is 0. The van der Waals surface area contributed by atoms with E-state index >= 15 is 0 Å². The molecule has 2 aromatic rings. The Kier molecular flexibility index (Phi) is 4.00. The van der Waals surface area contributed by atoms with Gasteiger partial charge in [0, 0.05) is 24.3 Å². The van der Waals surface area contributed by atoms with Crippen LogP contribution in [-0.2, 0) is 13.5 Å². The molecule has 1 unspecified atom stereocenters. The fourth-order valence-electron chi connectivity index (χ4n) is 4.80. The molecule has 0 amide bonds. The first kappa shape index (κ1) is 15.0. The monoisotopic (exact) mass is 312 g/mol. The summed E-state index contributed by atoms with van der Waals surface area (Å²) in [6.45, 7) is 0. The summed E-state index contributed by atoms with van der Waals surface area (Å²) in [5.74, 6) is 2.22. The van der Waals surface area contributed by atoms with E-state index in [1.807, 2.05) is 11.7 Å². The molecule has 2 heterocycles. The van der Waals surface area contributed by atoms with Crippen LogP contribution < -0.4 is 5.73 Å². The molecule has 2 aliphatic carbocycles. The summed E-state index contributed by atoms with van der Waals surface area (Å²) in [4.78, 5) is 4.70. The quantitative estimate of drug-likeness (QED) is 0.917. The molecule has 2 N–H and O–H groups in total. The highest BCUT2D eigenvalue weighted by Gasteiger charge is 2.27. The third-order valence-corrected chi connectivity index (χ3v) is 5.95. The molecule has 1 saturated carbocycles. The van der Waals surface area contributed by atoms with Crippen molar-refractivity contribution < 1.29 is 0 Å². The number of hydrogen-bond donors (Lipinski definition) is 1. The normalized spacial score (nSPS) is 22.4. The van der Waals surface area contributed by atoms with Crippen LogP contribution in [0.3, 0.4) is 0 Å². The number of aromatic nitrogens is 3. The predicted molar refractivity (Wildman–Crippen MR) is 94.4 cm³/mol. The number of pyridine rings is 1. The Labute approximate surface area is 138 Å². The number of hydrogen-bond acceptors (Lipinski definition) is 3. The van der Waals surface area contributed by atoms with Crippen LogP contribution in [0.4, 0.5) is 5.82 Å². The number of nitrogen functional groups attached to an aromatic ring is 1. The molecule has 2 aromatic heterocycles. The molecule has 4 heteroatoms. The van der Waals surface area contributed by atoms with Crippen molar-refractivity contribution in [2.24, 2.45) is 13.0 Å². The predicted octanol–water partition coefficient (Wildman–Crippen LogP) is 4.33. The van der Waals surface area contributed by atoms with E-state index in [2.05, 4.69) is 11.3 Å². The van der Waals surface area contributed by atoms with Gasteiger partial charge >= 0.3 is 0 Å². The number of nitrogens with two attached hydrogens (primary N) is 1. The minimum atomic E-state index is 0.604. The van der Waals surface area contributed by atoms with Crippen molar-refractivity contribution in [2.75, 3.05) is 5.73 Å². The van der Waals surface area contributed by atoms with Gasteiger partial charge in [0.05, 0.1) is 0 Å². The third kappa shape index (κ3) is 2.84. The molecule has 124 valence electrons. The second kappa shape index (κ2) is 6.14. The first-order valence-corrected chi connectivity index (χ1v) is 9.34. The minimum absolute atomic E-state index is 0.604. The van der Waals surface area contributed by atoms with E-state index in [9.17, 15) is 0 Å². The summed E-state index contributed by atoms with van der Waals surface area (Å²) in [5.41, 5.74) is 9.74. The van der Waals surface area contributed by atoms with Gasteiger partial charge in [-0.25, -0.2) is 4.98 Å². The fourth-order valence-corrected chi connectivity index (χ4v) is 4.80. The third-order valence-electron chi connectivity index (χ3n) is 5.95. The van der Waals surface area contributed by atoms with E-state index in [0.29, 0.717) is 11.7 Å². The molecule has 0 radical (unpaired) electrons. The molecule has 4 nitrogen and oxygen atoms in total. The Hall–Kier alpha value is -1.58. The van der Waals surface area contributed by atoms with E-state index in [0.717, 1.165) is 17.9 Å². The largest absolute Gasteiger partial charge is 0.382 e. The average Bonchev–Trinajstić information content (AvgIpc) is 2.96. The molecule has 2 aliphatic rings. The second-order valence-electron chi connectivity index (χ2n) is 7.59. The first-order valence-electron chi connectivity index (χ1n) is 9.34. The molecule has 0 aliphatic heterocycles. The van der Waals surface area contributed by atoms with Crippen LogP contribution in [-0.4, -0.2) is 14.8 Å². The summed E-state index contributed by atoms with van der Waals surface area (Å²) in [7, 11) is 1.98. The maximum absolute atomic E-state index is 6.14. The number of fused-ring (bicyclic) bond motifs is 3. The van der Waals surface area contributed by atoms with Crippen molar-refractivity contribution in [2.45, 2.75) is 70.1 Å². The van der Waals surface area contributed by atoms with Gasteiger partial charge < -0.3 is 5.73 Å². The van der Waals surface area contributed by atoms with Gasteiger partial charge in [-0.3, -0.25) is 4.68 Å². The molecule has 1 atom stereocenters. The standard InChI is InChI=1S/C19H28N4/c1-23-12-15-17-14(11-10-13-6-3-2-4-7-13)8-5-9-16(17)21-19(20)18(15)22-23/h12-14H,2-11H2,1H3,(H2,20,21). The smallest absolute Gasteiger partial charge is 0.152 e. The van der Waals surface area contributed by atoms with Crippen LogP contribution in [0, 0.1) is 5.92 Å². The fraction of sp³-hybridized carbons (Fsp3) is 0.684. The van der Waals surface area contributed by atoms with Crippen molar-refractivity contribution in [3.63, 3.8) is 0 Å². The zero-order chi connectivity index (χ0) is 15.8. The number of nitrogens with zero attached hydrogens (tertiary/aromatic N) is 3.